The van der Waals surface area contributed by atoms with E-state index in [0.29, 0.717) is 25.9 Å². The van der Waals surface area contributed by atoms with E-state index in [1.807, 2.05) is 0 Å². The van der Waals surface area contributed by atoms with E-state index in [0.717, 1.165) is 30.8 Å². The topological polar surface area (TPSA) is 59.8 Å². The normalized spacial score (nSPS) is 11.1. The molecule has 154 valence electrons. The van der Waals surface area contributed by atoms with Crippen molar-refractivity contribution in [3.8, 4) is 11.4 Å². The first-order chi connectivity index (χ1) is 13.9. The van der Waals surface area contributed by atoms with Crippen LogP contribution in [0.15, 0.2) is 28.7 Å². The number of hydrogen-bond acceptors (Lipinski definition) is 5. The molecule has 0 bridgehead atoms. The molecule has 0 fully saturated rings. The summed E-state index contributed by atoms with van der Waals surface area (Å²) in [6, 6.07) is 5.19. The van der Waals surface area contributed by atoms with Gasteiger partial charge in [-0.2, -0.15) is 0 Å². The van der Waals surface area contributed by atoms with E-state index in [9.17, 15) is 4.79 Å². The minimum Gasteiger partial charge on any atom is -0.324 e. The van der Waals surface area contributed by atoms with Crippen LogP contribution in [0.3, 0.4) is 0 Å². The van der Waals surface area contributed by atoms with Crippen LogP contribution in [0.5, 0.6) is 0 Å². The average molecular weight is 490 g/mol. The van der Waals surface area contributed by atoms with Crippen LogP contribution in [0.4, 0.5) is 5.69 Å². The van der Waals surface area contributed by atoms with Crippen molar-refractivity contribution >= 4 is 69.5 Å². The monoisotopic (exact) mass is 488 g/mol. The van der Waals surface area contributed by atoms with Gasteiger partial charge in [0.1, 0.15) is 0 Å². The highest BCUT2D eigenvalue weighted by molar-refractivity contribution is 7.99. The molecule has 3 aromatic rings. The number of aromatic nitrogens is 3. The summed E-state index contributed by atoms with van der Waals surface area (Å²) in [6.07, 6.45) is 1.93. The predicted molar refractivity (Wildman–Crippen MR) is 124 cm³/mol. The van der Waals surface area contributed by atoms with Gasteiger partial charge >= 0.3 is 0 Å². The fourth-order valence-corrected chi connectivity index (χ4v) is 4.82. The summed E-state index contributed by atoms with van der Waals surface area (Å²) in [5, 5.41) is 15.2. The Bertz CT molecular complexity index is 1020. The van der Waals surface area contributed by atoms with Gasteiger partial charge in [-0.15, -0.1) is 21.5 Å². The number of nitrogens with zero attached hydrogens (tertiary/aromatic N) is 3. The molecule has 0 atom stereocenters. The van der Waals surface area contributed by atoms with Gasteiger partial charge in [-0.05, 0) is 31.0 Å². The van der Waals surface area contributed by atoms with Crippen LogP contribution < -0.4 is 5.32 Å². The summed E-state index contributed by atoms with van der Waals surface area (Å²) in [5.41, 5.74) is 1.49. The zero-order valence-electron chi connectivity index (χ0n) is 15.8. The van der Waals surface area contributed by atoms with Crippen LogP contribution in [0, 0.1) is 0 Å². The van der Waals surface area contributed by atoms with Crippen LogP contribution >= 0.6 is 57.9 Å². The second kappa shape index (κ2) is 10.2. The maximum Gasteiger partial charge on any atom is 0.234 e. The van der Waals surface area contributed by atoms with E-state index in [-0.39, 0.29) is 11.7 Å². The van der Waals surface area contributed by atoms with E-state index in [1.54, 1.807) is 11.3 Å². The summed E-state index contributed by atoms with van der Waals surface area (Å²) in [6.45, 7) is 5.01. The first-order valence-corrected chi connectivity index (χ1v) is 12.0. The first kappa shape index (κ1) is 22.4. The lowest BCUT2D eigenvalue weighted by molar-refractivity contribution is -0.113. The lowest BCUT2D eigenvalue weighted by Gasteiger charge is -2.10. The summed E-state index contributed by atoms with van der Waals surface area (Å²) in [5.74, 6) is 0.785. The molecule has 0 aliphatic heterocycles. The Kier molecular flexibility index (Phi) is 7.87. The number of benzene rings is 1. The zero-order chi connectivity index (χ0) is 21.0. The first-order valence-electron chi connectivity index (χ1n) is 9.01. The molecule has 0 aliphatic carbocycles. The van der Waals surface area contributed by atoms with E-state index in [1.165, 1.54) is 28.8 Å². The number of halogens is 3. The minimum atomic E-state index is -0.216. The van der Waals surface area contributed by atoms with Gasteiger partial charge in [-0.1, -0.05) is 60.4 Å². The molecule has 2 heterocycles. The van der Waals surface area contributed by atoms with E-state index in [4.69, 9.17) is 34.8 Å². The molecule has 10 heteroatoms. The van der Waals surface area contributed by atoms with Crippen LogP contribution in [-0.4, -0.2) is 26.4 Å². The molecule has 0 spiro atoms. The number of aryl methyl sites for hydroxylation is 1. The molecule has 3 rings (SSSR count). The van der Waals surface area contributed by atoms with Crippen LogP contribution in [0.1, 0.15) is 25.1 Å². The third-order valence-corrected chi connectivity index (χ3v) is 7.12. The van der Waals surface area contributed by atoms with Crippen molar-refractivity contribution in [3.05, 3.63) is 43.5 Å². The summed E-state index contributed by atoms with van der Waals surface area (Å²) < 4.78 is 2.06. The van der Waals surface area contributed by atoms with Gasteiger partial charge in [0.05, 0.1) is 26.5 Å². The van der Waals surface area contributed by atoms with Crippen LogP contribution in [0.2, 0.25) is 15.1 Å². The Hall–Kier alpha value is -1.25. The minimum absolute atomic E-state index is 0.169. The molecule has 1 amide bonds. The number of carbonyl (C=O) groups excluding carboxylic acids is 1. The van der Waals surface area contributed by atoms with Crippen molar-refractivity contribution in [2.45, 2.75) is 38.4 Å². The maximum atomic E-state index is 12.4. The number of anilines is 1. The number of amides is 1. The Morgan fingerprint density at radius 3 is 2.59 bits per heavy atom. The number of thiophene rings is 1. The molecular formula is C19H19Cl3N4OS2. The van der Waals surface area contributed by atoms with Gasteiger partial charge in [-0.25, -0.2) is 0 Å². The third kappa shape index (κ3) is 5.47. The Balaban J connectivity index is 1.71. The van der Waals surface area contributed by atoms with Gasteiger partial charge in [0.25, 0.3) is 0 Å². The molecule has 1 aromatic carbocycles. The van der Waals surface area contributed by atoms with Crippen LogP contribution in [-0.2, 0) is 17.8 Å². The maximum absolute atomic E-state index is 12.4. The van der Waals surface area contributed by atoms with Crippen molar-refractivity contribution in [2.24, 2.45) is 0 Å². The fourth-order valence-electron chi connectivity index (χ4n) is 2.65. The number of nitrogens with one attached hydrogen (secondary N) is 1. The summed E-state index contributed by atoms with van der Waals surface area (Å²) in [7, 11) is 0. The highest BCUT2D eigenvalue weighted by atomic mass is 35.5. The standard InChI is InChI=1S/C19H19Cl3N4OS2/c1-3-5-26-18(11-6-12(4-2)28-9-11)24-25-19(26)29-10-17(27)23-16-8-14(21)13(20)7-15(16)22/h6-9H,3-5,10H2,1-2H3,(H,23,27). The van der Waals surface area contributed by atoms with Gasteiger partial charge in [0.2, 0.25) is 5.91 Å². The van der Waals surface area contributed by atoms with Gasteiger partial charge in [-0.3, -0.25) is 4.79 Å². The Labute approximate surface area is 192 Å². The number of thioether (sulfide) groups is 1. The van der Waals surface area contributed by atoms with Crippen LogP contribution in [0.25, 0.3) is 11.4 Å². The SMILES string of the molecule is CCCn1c(SCC(=O)Nc2cc(Cl)c(Cl)cc2Cl)nnc1-c1csc(CC)c1. The molecule has 2 aromatic heterocycles. The lowest BCUT2D eigenvalue weighted by Crippen LogP contribution is -2.15. The fraction of sp³-hybridized carbons (Fsp3) is 0.316. The summed E-state index contributed by atoms with van der Waals surface area (Å²) in [4.78, 5) is 13.7. The summed E-state index contributed by atoms with van der Waals surface area (Å²) >= 11 is 21.1. The second-order valence-corrected chi connectivity index (χ2v) is 9.36. The Morgan fingerprint density at radius 2 is 1.90 bits per heavy atom. The van der Waals surface area contributed by atoms with Crippen molar-refractivity contribution < 1.29 is 4.79 Å². The second-order valence-electron chi connectivity index (χ2n) is 6.20. The zero-order valence-corrected chi connectivity index (χ0v) is 19.7. The highest BCUT2D eigenvalue weighted by Gasteiger charge is 2.17. The van der Waals surface area contributed by atoms with Gasteiger partial charge < -0.3 is 9.88 Å². The molecule has 0 radical (unpaired) electrons. The quantitative estimate of drug-likeness (QED) is 0.283. The Morgan fingerprint density at radius 1 is 1.14 bits per heavy atom. The lowest BCUT2D eigenvalue weighted by atomic mass is 10.2. The molecule has 29 heavy (non-hydrogen) atoms. The van der Waals surface area contributed by atoms with Crippen molar-refractivity contribution in [1.29, 1.82) is 0 Å². The number of carbonyl (C=O) groups is 1. The smallest absolute Gasteiger partial charge is 0.234 e. The molecule has 0 saturated carbocycles. The van der Waals surface area contributed by atoms with E-state index < -0.39 is 0 Å². The molecule has 5 nitrogen and oxygen atoms in total. The van der Waals surface area contributed by atoms with Gasteiger partial charge in [0, 0.05) is 22.4 Å². The van der Waals surface area contributed by atoms with Crippen molar-refractivity contribution in [2.75, 3.05) is 11.1 Å². The van der Waals surface area contributed by atoms with E-state index >= 15 is 0 Å². The molecule has 0 saturated heterocycles. The van der Waals surface area contributed by atoms with E-state index in [2.05, 4.69) is 45.4 Å². The molecule has 0 aliphatic rings. The average Bonchev–Trinajstić information content (AvgIpc) is 3.31. The van der Waals surface area contributed by atoms with Crippen molar-refractivity contribution in [3.63, 3.8) is 0 Å². The molecule has 0 unspecified atom stereocenters. The third-order valence-electron chi connectivity index (χ3n) is 4.04. The number of hydrogen-bond donors (Lipinski definition) is 1. The van der Waals surface area contributed by atoms with Crippen molar-refractivity contribution in [1.82, 2.24) is 14.8 Å². The van der Waals surface area contributed by atoms with Gasteiger partial charge in [0.15, 0.2) is 11.0 Å². The predicted octanol–water partition coefficient (Wildman–Crippen LogP) is 6.67. The largest absolute Gasteiger partial charge is 0.324 e. The number of rotatable bonds is 8. The highest BCUT2D eigenvalue weighted by Crippen LogP contribution is 2.33. The molecular weight excluding hydrogens is 471 g/mol. The molecule has 1 N–H and O–H groups in total.